The van der Waals surface area contributed by atoms with E-state index in [-0.39, 0.29) is 48.0 Å². The number of likely N-dealkylation sites (tertiary alicyclic amines) is 1. The Bertz CT molecular complexity index is 640. The van der Waals surface area contributed by atoms with Crippen LogP contribution in [0.1, 0.15) is 24.1 Å². The number of hydrogen-bond donors (Lipinski definition) is 1. The molecule has 0 saturated carbocycles. The molecule has 0 radical (unpaired) electrons. The van der Waals surface area contributed by atoms with Crippen LogP contribution >= 0.6 is 24.0 Å². The third-order valence-corrected chi connectivity index (χ3v) is 4.15. The molecule has 26 heavy (non-hydrogen) atoms. The number of alkyl halides is 3. The Morgan fingerprint density at radius 3 is 2.54 bits per heavy atom. The second-order valence-electron chi connectivity index (χ2n) is 5.86. The van der Waals surface area contributed by atoms with E-state index in [9.17, 15) is 18.0 Å². The summed E-state index contributed by atoms with van der Waals surface area (Å²) in [6.07, 6.45) is -1.92. The Kier molecular flexibility index (Phi) is 8.15. The van der Waals surface area contributed by atoms with Crippen LogP contribution in [0.5, 0.6) is 0 Å². The number of aryl methyl sites for hydroxylation is 1. The van der Waals surface area contributed by atoms with Crippen molar-refractivity contribution in [2.45, 2.75) is 25.6 Å². The first-order valence-electron chi connectivity index (χ1n) is 7.89. The molecule has 11 heteroatoms. The number of carbonyl (C=O) groups excluding carboxylic acids is 1. The molecule has 1 N–H and O–H groups in total. The van der Waals surface area contributed by atoms with Crippen molar-refractivity contribution in [2.75, 3.05) is 27.2 Å². The first-order valence-corrected chi connectivity index (χ1v) is 7.89. The maximum absolute atomic E-state index is 13.0. The second kappa shape index (κ2) is 9.42. The molecule has 1 aliphatic heterocycles. The highest BCUT2D eigenvalue weighted by Gasteiger charge is 2.37. The Balaban J connectivity index is 0.00000338. The number of hydrogen-bond acceptors (Lipinski definition) is 4. The van der Waals surface area contributed by atoms with Gasteiger partial charge >= 0.3 is 12.1 Å². The molecule has 1 aromatic rings. The van der Waals surface area contributed by atoms with Gasteiger partial charge in [-0.15, -0.1) is 24.0 Å². The van der Waals surface area contributed by atoms with Gasteiger partial charge in [0.25, 0.3) is 0 Å². The number of ether oxygens (including phenoxy) is 1. The summed E-state index contributed by atoms with van der Waals surface area (Å²) in [6.45, 7) is 1.13. The van der Waals surface area contributed by atoms with Gasteiger partial charge in [0.05, 0.1) is 13.0 Å². The Hall–Kier alpha value is -1.53. The van der Waals surface area contributed by atoms with Crippen LogP contribution in [-0.2, 0) is 29.3 Å². The summed E-state index contributed by atoms with van der Waals surface area (Å²) < 4.78 is 44.8. The number of esters is 1. The van der Waals surface area contributed by atoms with E-state index >= 15 is 0 Å². The van der Waals surface area contributed by atoms with Crippen LogP contribution in [0.25, 0.3) is 0 Å². The zero-order chi connectivity index (χ0) is 18.6. The molecule has 0 spiro atoms. The molecule has 148 valence electrons. The van der Waals surface area contributed by atoms with Gasteiger partial charge in [0, 0.05) is 45.5 Å². The fourth-order valence-electron chi connectivity index (χ4n) is 2.91. The number of rotatable bonds is 3. The minimum absolute atomic E-state index is 0. The van der Waals surface area contributed by atoms with Gasteiger partial charge in [0.15, 0.2) is 11.7 Å². The number of nitrogens with zero attached hydrogens (tertiary/aromatic N) is 4. The van der Waals surface area contributed by atoms with Gasteiger partial charge in [0.1, 0.15) is 0 Å². The van der Waals surface area contributed by atoms with Crippen molar-refractivity contribution in [1.82, 2.24) is 20.0 Å². The van der Waals surface area contributed by atoms with Crippen LogP contribution in [0.3, 0.4) is 0 Å². The fourth-order valence-corrected chi connectivity index (χ4v) is 2.91. The maximum Gasteiger partial charge on any atom is 0.435 e. The number of aromatic nitrogens is 2. The van der Waals surface area contributed by atoms with E-state index in [0.29, 0.717) is 31.9 Å². The van der Waals surface area contributed by atoms with Gasteiger partial charge in [0.2, 0.25) is 0 Å². The van der Waals surface area contributed by atoms with Crippen molar-refractivity contribution < 1.29 is 22.7 Å². The predicted octanol–water partition coefficient (Wildman–Crippen LogP) is 2.02. The van der Waals surface area contributed by atoms with E-state index < -0.39 is 11.9 Å². The van der Waals surface area contributed by atoms with Crippen molar-refractivity contribution in [3.8, 4) is 0 Å². The van der Waals surface area contributed by atoms with Gasteiger partial charge in [-0.05, 0) is 12.8 Å². The Labute approximate surface area is 167 Å². The standard InChI is InChI=1S/C15H22F3N5O2.HI/c1-19-14(23-6-4-10(5-7-23)13(24)25-3)20-8-11-9-22(2)21-12(11)15(16,17)18;/h9-10H,4-8H2,1-3H3,(H,19,20);1H. The molecule has 7 nitrogen and oxygen atoms in total. The van der Waals surface area contributed by atoms with Crippen LogP contribution in [0.4, 0.5) is 13.2 Å². The Morgan fingerprint density at radius 2 is 2.04 bits per heavy atom. The van der Waals surface area contributed by atoms with Gasteiger partial charge < -0.3 is 15.0 Å². The van der Waals surface area contributed by atoms with E-state index in [1.165, 1.54) is 20.4 Å². The van der Waals surface area contributed by atoms with Crippen LogP contribution in [0, 0.1) is 5.92 Å². The molecule has 1 saturated heterocycles. The van der Waals surface area contributed by atoms with Crippen LogP contribution in [0.2, 0.25) is 0 Å². The molecule has 0 amide bonds. The van der Waals surface area contributed by atoms with E-state index in [1.807, 2.05) is 4.90 Å². The second-order valence-corrected chi connectivity index (χ2v) is 5.86. The highest BCUT2D eigenvalue weighted by molar-refractivity contribution is 14.0. The molecule has 0 unspecified atom stereocenters. The lowest BCUT2D eigenvalue weighted by Crippen LogP contribution is -2.46. The van der Waals surface area contributed by atoms with Crippen LogP contribution in [-0.4, -0.2) is 53.9 Å². The molecule has 1 aliphatic rings. The molecular formula is C15H23F3IN5O2. The summed E-state index contributed by atoms with van der Waals surface area (Å²) in [4.78, 5) is 17.6. The summed E-state index contributed by atoms with van der Waals surface area (Å²) in [5, 5.41) is 6.43. The van der Waals surface area contributed by atoms with E-state index in [4.69, 9.17) is 4.74 Å². The third-order valence-electron chi connectivity index (χ3n) is 4.15. The summed E-state index contributed by atoms with van der Waals surface area (Å²) in [7, 11) is 4.38. The Morgan fingerprint density at radius 1 is 1.42 bits per heavy atom. The molecule has 2 rings (SSSR count). The lowest BCUT2D eigenvalue weighted by molar-refractivity contribution is -0.146. The molecule has 0 bridgehead atoms. The topological polar surface area (TPSA) is 71.8 Å². The van der Waals surface area contributed by atoms with Gasteiger partial charge in [-0.3, -0.25) is 14.5 Å². The zero-order valence-electron chi connectivity index (χ0n) is 14.8. The average Bonchev–Trinajstić information content (AvgIpc) is 2.96. The van der Waals surface area contributed by atoms with Gasteiger partial charge in [-0.25, -0.2) is 0 Å². The zero-order valence-corrected chi connectivity index (χ0v) is 17.2. The number of aliphatic imine (C=N–C) groups is 1. The van der Waals surface area contributed by atoms with E-state index in [0.717, 1.165) is 4.68 Å². The third kappa shape index (κ3) is 5.48. The molecular weight excluding hydrogens is 466 g/mol. The first-order chi connectivity index (χ1) is 11.8. The highest BCUT2D eigenvalue weighted by Crippen LogP contribution is 2.30. The maximum atomic E-state index is 13.0. The molecule has 0 aromatic carbocycles. The molecule has 0 aliphatic carbocycles. The quantitative estimate of drug-likeness (QED) is 0.305. The first kappa shape index (κ1) is 22.5. The number of methoxy groups -OCH3 is 1. The van der Waals surface area contributed by atoms with Crippen molar-refractivity contribution in [2.24, 2.45) is 18.0 Å². The summed E-state index contributed by atoms with van der Waals surface area (Å²) in [6, 6.07) is 0. The number of guanidine groups is 1. The number of piperidine rings is 1. The molecule has 2 heterocycles. The van der Waals surface area contributed by atoms with Gasteiger partial charge in [-0.2, -0.15) is 18.3 Å². The lowest BCUT2D eigenvalue weighted by Gasteiger charge is -2.33. The SMILES string of the molecule is CN=C(NCc1cn(C)nc1C(F)(F)F)N1CCC(C(=O)OC)CC1.I. The number of halogens is 4. The summed E-state index contributed by atoms with van der Waals surface area (Å²) in [5.74, 6) is 0.127. The van der Waals surface area contributed by atoms with Gasteiger partial charge in [-0.1, -0.05) is 0 Å². The minimum Gasteiger partial charge on any atom is -0.469 e. The van der Waals surface area contributed by atoms with E-state index in [2.05, 4.69) is 15.4 Å². The monoisotopic (exact) mass is 489 g/mol. The molecule has 1 aromatic heterocycles. The lowest BCUT2D eigenvalue weighted by atomic mass is 9.97. The van der Waals surface area contributed by atoms with Crippen LogP contribution < -0.4 is 5.32 Å². The molecule has 0 atom stereocenters. The van der Waals surface area contributed by atoms with E-state index in [1.54, 1.807) is 7.05 Å². The van der Waals surface area contributed by atoms with Crippen molar-refractivity contribution in [3.63, 3.8) is 0 Å². The number of carbonyl (C=O) groups is 1. The summed E-state index contributed by atoms with van der Waals surface area (Å²) in [5.41, 5.74) is -0.844. The smallest absolute Gasteiger partial charge is 0.435 e. The minimum atomic E-state index is -4.50. The van der Waals surface area contributed by atoms with Crippen molar-refractivity contribution >= 4 is 35.9 Å². The highest BCUT2D eigenvalue weighted by atomic mass is 127. The van der Waals surface area contributed by atoms with Crippen molar-refractivity contribution in [1.29, 1.82) is 0 Å². The number of nitrogens with one attached hydrogen (secondary N) is 1. The average molecular weight is 489 g/mol. The predicted molar refractivity (Wildman–Crippen MR) is 100 cm³/mol. The van der Waals surface area contributed by atoms with Crippen LogP contribution in [0.15, 0.2) is 11.2 Å². The largest absolute Gasteiger partial charge is 0.469 e. The fraction of sp³-hybridized carbons (Fsp3) is 0.667. The van der Waals surface area contributed by atoms with Crippen molar-refractivity contribution in [3.05, 3.63) is 17.5 Å². The molecule has 1 fully saturated rings. The summed E-state index contributed by atoms with van der Waals surface area (Å²) >= 11 is 0. The normalized spacial score (nSPS) is 16.2.